The first-order valence-corrected chi connectivity index (χ1v) is 8.20. The molecule has 3 rings (SSSR count). The minimum absolute atomic E-state index is 0.0154. The summed E-state index contributed by atoms with van der Waals surface area (Å²) in [4.78, 5) is 14.0. The van der Waals surface area contributed by atoms with Gasteiger partial charge in [-0.3, -0.25) is 9.69 Å². The maximum atomic E-state index is 11.7. The highest BCUT2D eigenvalue weighted by molar-refractivity contribution is 9.10. The highest BCUT2D eigenvalue weighted by atomic mass is 79.9. The van der Waals surface area contributed by atoms with Crippen LogP contribution in [-0.2, 0) is 16.0 Å². The number of esters is 1. The van der Waals surface area contributed by atoms with Crippen molar-refractivity contribution in [2.24, 2.45) is 5.92 Å². The molecule has 2 unspecified atom stereocenters. The molecule has 4 nitrogen and oxygen atoms in total. The van der Waals surface area contributed by atoms with E-state index in [1.807, 2.05) is 12.1 Å². The maximum Gasteiger partial charge on any atom is 0.309 e. The normalized spacial score (nSPS) is 25.2. The molecular weight excluding hydrogens is 334 g/mol. The van der Waals surface area contributed by atoms with Gasteiger partial charge in [0.05, 0.1) is 13.0 Å². The molecule has 21 heavy (non-hydrogen) atoms. The topological polar surface area (TPSA) is 38.8 Å². The van der Waals surface area contributed by atoms with Gasteiger partial charge in [-0.05, 0) is 43.1 Å². The zero-order valence-electron chi connectivity index (χ0n) is 12.2. The van der Waals surface area contributed by atoms with Crippen molar-refractivity contribution in [1.29, 1.82) is 0 Å². The zero-order chi connectivity index (χ0) is 14.8. The quantitative estimate of drug-likeness (QED) is 0.783. The summed E-state index contributed by atoms with van der Waals surface area (Å²) in [6.45, 7) is 2.69. The summed E-state index contributed by atoms with van der Waals surface area (Å²) >= 11 is 3.50. The van der Waals surface area contributed by atoms with Gasteiger partial charge in [0, 0.05) is 24.0 Å². The van der Waals surface area contributed by atoms with Crippen molar-refractivity contribution in [1.82, 2.24) is 4.90 Å². The molecule has 2 atom stereocenters. The molecule has 0 amide bonds. The van der Waals surface area contributed by atoms with Gasteiger partial charge in [-0.25, -0.2) is 0 Å². The predicted octanol–water partition coefficient (Wildman–Crippen LogP) is 2.64. The SMILES string of the molecule is COC(=O)C1CCCN(CC2Cc3cc(Br)ccc3O2)C1. The summed E-state index contributed by atoms with van der Waals surface area (Å²) in [7, 11) is 1.47. The minimum Gasteiger partial charge on any atom is -0.488 e. The second-order valence-electron chi connectivity index (χ2n) is 5.82. The standard InChI is InChI=1S/C16H20BrNO3/c1-20-16(19)11-3-2-6-18(9-11)10-14-8-12-7-13(17)4-5-15(12)21-14/h4-5,7,11,14H,2-3,6,8-10H2,1H3. The number of piperidine rings is 1. The van der Waals surface area contributed by atoms with Crippen LogP contribution in [-0.4, -0.2) is 43.7 Å². The summed E-state index contributed by atoms with van der Waals surface area (Å²) in [6, 6.07) is 6.16. The van der Waals surface area contributed by atoms with Crippen LogP contribution in [0.4, 0.5) is 0 Å². The smallest absolute Gasteiger partial charge is 0.309 e. The van der Waals surface area contributed by atoms with Gasteiger partial charge in [0.2, 0.25) is 0 Å². The fraction of sp³-hybridized carbons (Fsp3) is 0.562. The summed E-state index contributed by atoms with van der Waals surface area (Å²) in [5, 5.41) is 0. The van der Waals surface area contributed by atoms with Gasteiger partial charge in [0.25, 0.3) is 0 Å². The molecule has 1 saturated heterocycles. The predicted molar refractivity (Wildman–Crippen MR) is 83.4 cm³/mol. The van der Waals surface area contributed by atoms with Gasteiger partial charge in [-0.1, -0.05) is 15.9 Å². The molecule has 2 heterocycles. The average molecular weight is 354 g/mol. The third kappa shape index (κ3) is 3.40. The number of carbonyl (C=O) groups excluding carboxylic acids is 1. The number of nitrogens with zero attached hydrogens (tertiary/aromatic N) is 1. The Bertz CT molecular complexity index is 534. The number of carbonyl (C=O) groups is 1. The molecule has 0 N–H and O–H groups in total. The van der Waals surface area contributed by atoms with Gasteiger partial charge in [-0.2, -0.15) is 0 Å². The lowest BCUT2D eigenvalue weighted by Gasteiger charge is -2.32. The third-order valence-electron chi connectivity index (χ3n) is 4.27. The molecule has 2 aliphatic heterocycles. The number of methoxy groups -OCH3 is 1. The van der Waals surface area contributed by atoms with E-state index in [0.717, 1.165) is 49.1 Å². The van der Waals surface area contributed by atoms with Crippen LogP contribution in [0.2, 0.25) is 0 Å². The van der Waals surface area contributed by atoms with Gasteiger partial charge in [-0.15, -0.1) is 0 Å². The Hall–Kier alpha value is -1.07. The maximum absolute atomic E-state index is 11.7. The second-order valence-corrected chi connectivity index (χ2v) is 6.73. The molecule has 0 aromatic heterocycles. The molecule has 1 fully saturated rings. The molecule has 0 bridgehead atoms. The van der Waals surface area contributed by atoms with E-state index in [4.69, 9.17) is 9.47 Å². The lowest BCUT2D eigenvalue weighted by molar-refractivity contribution is -0.147. The average Bonchev–Trinajstić information content (AvgIpc) is 2.88. The summed E-state index contributed by atoms with van der Waals surface area (Å²) in [6.07, 6.45) is 3.10. The molecule has 5 heteroatoms. The Balaban J connectivity index is 1.57. The van der Waals surface area contributed by atoms with Crippen LogP contribution in [0, 0.1) is 5.92 Å². The molecule has 1 aromatic carbocycles. The van der Waals surface area contributed by atoms with Crippen LogP contribution in [0.25, 0.3) is 0 Å². The number of fused-ring (bicyclic) bond motifs is 1. The number of halogens is 1. The molecule has 1 aromatic rings. The van der Waals surface area contributed by atoms with E-state index < -0.39 is 0 Å². The van der Waals surface area contributed by atoms with E-state index in [-0.39, 0.29) is 18.0 Å². The Morgan fingerprint density at radius 3 is 3.19 bits per heavy atom. The van der Waals surface area contributed by atoms with Gasteiger partial charge in [0.1, 0.15) is 11.9 Å². The van der Waals surface area contributed by atoms with Crippen molar-refractivity contribution < 1.29 is 14.3 Å². The number of benzene rings is 1. The van der Waals surface area contributed by atoms with Crippen LogP contribution in [0.3, 0.4) is 0 Å². The van der Waals surface area contributed by atoms with Crippen molar-refractivity contribution in [2.45, 2.75) is 25.4 Å². The van der Waals surface area contributed by atoms with Crippen LogP contribution in [0.1, 0.15) is 18.4 Å². The van der Waals surface area contributed by atoms with Crippen LogP contribution in [0.5, 0.6) is 5.75 Å². The van der Waals surface area contributed by atoms with Crippen molar-refractivity contribution in [2.75, 3.05) is 26.7 Å². The van der Waals surface area contributed by atoms with E-state index >= 15 is 0 Å². The fourth-order valence-electron chi connectivity index (χ4n) is 3.26. The summed E-state index contributed by atoms with van der Waals surface area (Å²) in [5.41, 5.74) is 1.26. The first-order chi connectivity index (χ1) is 10.2. The van der Waals surface area contributed by atoms with Crippen molar-refractivity contribution in [3.8, 4) is 5.75 Å². The Labute approximate surface area is 133 Å². The van der Waals surface area contributed by atoms with Crippen molar-refractivity contribution in [3.63, 3.8) is 0 Å². The van der Waals surface area contributed by atoms with Crippen LogP contribution >= 0.6 is 15.9 Å². The number of ether oxygens (including phenoxy) is 2. The summed E-state index contributed by atoms with van der Waals surface area (Å²) in [5.74, 6) is 0.922. The number of likely N-dealkylation sites (tertiary alicyclic amines) is 1. The van der Waals surface area contributed by atoms with Crippen molar-refractivity contribution in [3.05, 3.63) is 28.2 Å². The highest BCUT2D eigenvalue weighted by Crippen LogP contribution is 2.32. The Morgan fingerprint density at radius 2 is 2.38 bits per heavy atom. The Kier molecular flexibility index (Phi) is 4.50. The van der Waals surface area contributed by atoms with Gasteiger partial charge >= 0.3 is 5.97 Å². The minimum atomic E-state index is -0.0840. The molecular formula is C16H20BrNO3. The third-order valence-corrected chi connectivity index (χ3v) is 4.76. The van der Waals surface area contributed by atoms with E-state index in [1.54, 1.807) is 0 Å². The highest BCUT2D eigenvalue weighted by Gasteiger charge is 2.30. The van der Waals surface area contributed by atoms with Crippen LogP contribution in [0.15, 0.2) is 22.7 Å². The zero-order valence-corrected chi connectivity index (χ0v) is 13.8. The lowest BCUT2D eigenvalue weighted by atomic mass is 9.97. The number of hydrogen-bond donors (Lipinski definition) is 0. The monoisotopic (exact) mass is 353 g/mol. The fourth-order valence-corrected chi connectivity index (χ4v) is 3.67. The molecule has 114 valence electrons. The van der Waals surface area contributed by atoms with Crippen LogP contribution < -0.4 is 4.74 Å². The van der Waals surface area contributed by atoms with Gasteiger partial charge < -0.3 is 9.47 Å². The molecule has 0 aliphatic carbocycles. The molecule has 2 aliphatic rings. The Morgan fingerprint density at radius 1 is 1.52 bits per heavy atom. The van der Waals surface area contributed by atoms with E-state index in [0.29, 0.717) is 0 Å². The number of rotatable bonds is 3. The first-order valence-electron chi connectivity index (χ1n) is 7.41. The van der Waals surface area contributed by atoms with Crippen molar-refractivity contribution >= 4 is 21.9 Å². The van der Waals surface area contributed by atoms with E-state index in [2.05, 4.69) is 26.9 Å². The van der Waals surface area contributed by atoms with Gasteiger partial charge in [0.15, 0.2) is 0 Å². The van der Waals surface area contributed by atoms with E-state index in [9.17, 15) is 4.79 Å². The largest absolute Gasteiger partial charge is 0.488 e. The lowest BCUT2D eigenvalue weighted by Crippen LogP contribution is -2.43. The molecule has 0 radical (unpaired) electrons. The second kappa shape index (κ2) is 6.36. The molecule has 0 saturated carbocycles. The first kappa shape index (κ1) is 14.9. The number of hydrogen-bond acceptors (Lipinski definition) is 4. The summed E-state index contributed by atoms with van der Waals surface area (Å²) < 4.78 is 12.0. The molecule has 0 spiro atoms. The van der Waals surface area contributed by atoms with E-state index in [1.165, 1.54) is 12.7 Å².